The maximum Gasteiger partial charge on any atom is 0.325 e. The van der Waals surface area contributed by atoms with E-state index in [2.05, 4.69) is 26.1 Å². The Hall–Kier alpha value is -2.37. The van der Waals surface area contributed by atoms with E-state index in [1.54, 1.807) is 4.90 Å². The molecule has 1 aromatic carbocycles. The minimum atomic E-state index is -0.825. The van der Waals surface area contributed by atoms with Gasteiger partial charge in [-0.15, -0.1) is 0 Å². The fourth-order valence-corrected chi connectivity index (χ4v) is 4.74. The Morgan fingerprint density at radius 2 is 1.80 bits per heavy atom. The fourth-order valence-electron chi connectivity index (χ4n) is 4.74. The Balaban J connectivity index is 1.66. The van der Waals surface area contributed by atoms with Gasteiger partial charge in [-0.25, -0.2) is 4.79 Å². The molecule has 1 spiro atoms. The van der Waals surface area contributed by atoms with Crippen molar-refractivity contribution in [2.75, 3.05) is 13.1 Å². The van der Waals surface area contributed by atoms with Crippen molar-refractivity contribution in [1.82, 2.24) is 15.1 Å². The summed E-state index contributed by atoms with van der Waals surface area (Å²) in [6, 6.07) is 9.35. The maximum atomic E-state index is 13.2. The van der Waals surface area contributed by atoms with Gasteiger partial charge in [-0.2, -0.15) is 0 Å². The molecule has 2 aliphatic rings. The van der Waals surface area contributed by atoms with Gasteiger partial charge in [-0.1, -0.05) is 58.0 Å². The third-order valence-electron chi connectivity index (χ3n) is 6.67. The number of nitrogens with one attached hydrogen (secondary N) is 1. The zero-order chi connectivity index (χ0) is 21.9. The van der Waals surface area contributed by atoms with Crippen molar-refractivity contribution in [1.29, 1.82) is 0 Å². The molecule has 30 heavy (non-hydrogen) atoms. The summed E-state index contributed by atoms with van der Waals surface area (Å²) in [6.07, 6.45) is 3.93. The second-order valence-electron chi connectivity index (χ2n) is 9.84. The first-order chi connectivity index (χ1) is 14.2. The summed E-state index contributed by atoms with van der Waals surface area (Å²) < 4.78 is 0. The molecular weight excluding hydrogens is 378 g/mol. The number of rotatable bonds is 6. The number of hydrogen-bond donors (Lipinski definition) is 1. The van der Waals surface area contributed by atoms with Gasteiger partial charge in [-0.05, 0) is 49.0 Å². The number of carbonyl (C=O) groups excluding carboxylic acids is 3. The SMILES string of the molecule is CCCN(Cc1ccccc1)C(=O)CN1C(=O)NC2(CCC(C(C)(C)C)CC2)C1=O. The summed E-state index contributed by atoms with van der Waals surface area (Å²) >= 11 is 0. The highest BCUT2D eigenvalue weighted by Gasteiger charge is 2.53. The highest BCUT2D eigenvalue weighted by Crippen LogP contribution is 2.43. The van der Waals surface area contributed by atoms with Gasteiger partial charge in [0.25, 0.3) is 5.91 Å². The number of carbonyl (C=O) groups is 3. The van der Waals surface area contributed by atoms with Crippen LogP contribution in [0.4, 0.5) is 4.79 Å². The van der Waals surface area contributed by atoms with Crippen LogP contribution in [-0.2, 0) is 16.1 Å². The number of hydrogen-bond acceptors (Lipinski definition) is 3. The second kappa shape index (κ2) is 8.78. The zero-order valence-electron chi connectivity index (χ0n) is 18.7. The number of urea groups is 1. The van der Waals surface area contributed by atoms with Gasteiger partial charge < -0.3 is 10.2 Å². The molecule has 6 heteroatoms. The number of nitrogens with zero attached hydrogens (tertiary/aromatic N) is 2. The summed E-state index contributed by atoms with van der Waals surface area (Å²) in [5, 5.41) is 2.93. The van der Waals surface area contributed by atoms with Gasteiger partial charge in [0.1, 0.15) is 12.1 Å². The second-order valence-corrected chi connectivity index (χ2v) is 9.84. The molecule has 6 nitrogen and oxygen atoms in total. The number of amides is 4. The minimum absolute atomic E-state index is 0.190. The topological polar surface area (TPSA) is 69.7 Å². The summed E-state index contributed by atoms with van der Waals surface area (Å²) in [5.74, 6) is 0.114. The molecule has 0 atom stereocenters. The van der Waals surface area contributed by atoms with Crippen LogP contribution in [-0.4, -0.2) is 46.3 Å². The molecule has 1 aliphatic heterocycles. The van der Waals surface area contributed by atoms with Crippen LogP contribution in [0.1, 0.15) is 65.4 Å². The first-order valence-electron chi connectivity index (χ1n) is 11.1. The predicted octanol–water partition coefficient (Wildman–Crippen LogP) is 3.95. The molecule has 1 saturated heterocycles. The Kier molecular flexibility index (Phi) is 6.53. The molecule has 1 saturated carbocycles. The van der Waals surface area contributed by atoms with E-state index in [1.165, 1.54) is 0 Å². The van der Waals surface area contributed by atoms with Crippen LogP contribution in [0.3, 0.4) is 0 Å². The van der Waals surface area contributed by atoms with Crippen LogP contribution >= 0.6 is 0 Å². The normalized spacial score (nSPS) is 24.3. The fraction of sp³-hybridized carbons (Fsp3) is 0.625. The van der Waals surface area contributed by atoms with Crippen molar-refractivity contribution < 1.29 is 14.4 Å². The smallest absolute Gasteiger partial charge is 0.325 e. The Morgan fingerprint density at radius 3 is 2.37 bits per heavy atom. The molecular formula is C24H35N3O3. The molecule has 1 N–H and O–H groups in total. The van der Waals surface area contributed by atoms with E-state index >= 15 is 0 Å². The molecule has 4 amide bonds. The lowest BCUT2D eigenvalue weighted by atomic mass is 9.67. The molecule has 3 rings (SSSR count). The highest BCUT2D eigenvalue weighted by molar-refractivity contribution is 6.09. The summed E-state index contributed by atoms with van der Waals surface area (Å²) in [7, 11) is 0. The highest BCUT2D eigenvalue weighted by atomic mass is 16.2. The zero-order valence-corrected chi connectivity index (χ0v) is 18.7. The summed E-state index contributed by atoms with van der Waals surface area (Å²) in [4.78, 5) is 41.7. The molecule has 0 aromatic heterocycles. The van der Waals surface area contributed by atoms with Crippen LogP contribution in [0.25, 0.3) is 0 Å². The number of imide groups is 1. The van der Waals surface area contributed by atoms with Gasteiger partial charge >= 0.3 is 6.03 Å². The molecule has 0 unspecified atom stereocenters. The van der Waals surface area contributed by atoms with Crippen molar-refractivity contribution >= 4 is 17.8 Å². The molecule has 1 aliphatic carbocycles. The van der Waals surface area contributed by atoms with Crippen molar-refractivity contribution in [2.24, 2.45) is 11.3 Å². The van der Waals surface area contributed by atoms with E-state index in [-0.39, 0.29) is 23.8 Å². The largest absolute Gasteiger partial charge is 0.337 e. The lowest BCUT2D eigenvalue weighted by Crippen LogP contribution is -2.51. The Morgan fingerprint density at radius 1 is 1.17 bits per heavy atom. The van der Waals surface area contributed by atoms with Gasteiger partial charge in [-0.3, -0.25) is 14.5 Å². The van der Waals surface area contributed by atoms with Crippen LogP contribution in [0.5, 0.6) is 0 Å². The Labute approximate surface area is 180 Å². The van der Waals surface area contributed by atoms with Gasteiger partial charge in [0, 0.05) is 13.1 Å². The quantitative estimate of drug-likeness (QED) is 0.718. The molecule has 2 fully saturated rings. The molecule has 0 bridgehead atoms. The predicted molar refractivity (Wildman–Crippen MR) is 117 cm³/mol. The minimum Gasteiger partial charge on any atom is -0.337 e. The molecule has 164 valence electrons. The van der Waals surface area contributed by atoms with E-state index < -0.39 is 11.6 Å². The average Bonchev–Trinajstić information content (AvgIpc) is 2.92. The third kappa shape index (κ3) is 4.68. The Bertz CT molecular complexity index is 777. The lowest BCUT2D eigenvalue weighted by molar-refractivity contribution is -0.140. The summed E-state index contributed by atoms with van der Waals surface area (Å²) in [6.45, 7) is 9.58. The standard InChI is InChI=1S/C24H35N3O3/c1-5-15-26(16-18-9-7-6-8-10-18)20(28)17-27-21(29)24(25-22(27)30)13-11-19(12-14-24)23(2,3)4/h6-10,19H,5,11-17H2,1-4H3,(H,25,30). The van der Waals surface area contributed by atoms with Crippen molar-refractivity contribution in [3.8, 4) is 0 Å². The first-order valence-corrected chi connectivity index (χ1v) is 11.1. The van der Waals surface area contributed by atoms with Crippen LogP contribution in [0.2, 0.25) is 0 Å². The maximum absolute atomic E-state index is 13.2. The van der Waals surface area contributed by atoms with E-state index in [0.29, 0.717) is 31.8 Å². The van der Waals surface area contributed by atoms with E-state index in [9.17, 15) is 14.4 Å². The van der Waals surface area contributed by atoms with Crippen LogP contribution < -0.4 is 5.32 Å². The van der Waals surface area contributed by atoms with E-state index in [1.807, 2.05) is 37.3 Å². The van der Waals surface area contributed by atoms with Crippen LogP contribution in [0, 0.1) is 11.3 Å². The van der Waals surface area contributed by atoms with E-state index in [0.717, 1.165) is 29.7 Å². The average molecular weight is 414 g/mol. The van der Waals surface area contributed by atoms with Gasteiger partial charge in [0.2, 0.25) is 5.91 Å². The first kappa shape index (κ1) is 22.3. The van der Waals surface area contributed by atoms with E-state index in [4.69, 9.17) is 0 Å². The van der Waals surface area contributed by atoms with Crippen molar-refractivity contribution in [2.45, 2.75) is 71.9 Å². The van der Waals surface area contributed by atoms with Crippen molar-refractivity contribution in [3.05, 3.63) is 35.9 Å². The van der Waals surface area contributed by atoms with Gasteiger partial charge in [0.15, 0.2) is 0 Å². The third-order valence-corrected chi connectivity index (χ3v) is 6.67. The van der Waals surface area contributed by atoms with Crippen molar-refractivity contribution in [3.63, 3.8) is 0 Å². The molecule has 0 radical (unpaired) electrons. The lowest BCUT2D eigenvalue weighted by Gasteiger charge is -2.40. The van der Waals surface area contributed by atoms with Gasteiger partial charge in [0.05, 0.1) is 0 Å². The monoisotopic (exact) mass is 413 g/mol. The van der Waals surface area contributed by atoms with Crippen LogP contribution in [0.15, 0.2) is 30.3 Å². The number of benzene rings is 1. The molecule has 1 aromatic rings. The molecule has 1 heterocycles. The summed E-state index contributed by atoms with van der Waals surface area (Å²) in [5.41, 5.74) is 0.406.